The molecule has 3 heterocycles. The van der Waals surface area contributed by atoms with Gasteiger partial charge in [-0.15, -0.1) is 9.24 Å². The van der Waals surface area contributed by atoms with Crippen molar-refractivity contribution in [1.29, 1.82) is 0 Å². The lowest BCUT2D eigenvalue weighted by Gasteiger charge is -2.21. The van der Waals surface area contributed by atoms with E-state index in [0.717, 1.165) is 45.9 Å². The van der Waals surface area contributed by atoms with Crippen molar-refractivity contribution in [2.45, 2.75) is 24.3 Å². The quantitative estimate of drug-likeness (QED) is 0.316. The number of aromatic nitrogens is 3. The van der Waals surface area contributed by atoms with E-state index in [4.69, 9.17) is 4.42 Å². The lowest BCUT2D eigenvalue weighted by molar-refractivity contribution is 0.489. The molecule has 5 rings (SSSR count). The van der Waals surface area contributed by atoms with Gasteiger partial charge in [-0.1, -0.05) is 30.3 Å². The summed E-state index contributed by atoms with van der Waals surface area (Å²) in [5.74, 6) is -0.356. The van der Waals surface area contributed by atoms with Gasteiger partial charge in [0.25, 0.3) is 0 Å². The molecular weight excluding hydrogens is 461 g/mol. The highest BCUT2D eigenvalue weighted by Crippen LogP contribution is 2.32. The van der Waals surface area contributed by atoms with E-state index in [1.165, 1.54) is 40.9 Å². The standard InChI is InChI=1S/C22H22N5O2PS2/c1-13(15-4-2-3-5-16(15)14-6-8-23-9-7-14)27-17-10-19(30)20(11-18(17)29-22(27)28)31-26-21-24-12-25-32-21/h2-6,10-13,23H,7-9,30H2,1H3,(H,24,25,26). The van der Waals surface area contributed by atoms with Crippen molar-refractivity contribution in [3.8, 4) is 0 Å². The fourth-order valence-corrected chi connectivity index (χ4v) is 5.58. The van der Waals surface area contributed by atoms with Crippen LogP contribution < -0.4 is 21.1 Å². The Balaban J connectivity index is 1.52. The zero-order valence-corrected chi connectivity index (χ0v) is 20.2. The van der Waals surface area contributed by atoms with Crippen LogP contribution in [0, 0.1) is 0 Å². The summed E-state index contributed by atoms with van der Waals surface area (Å²) in [4.78, 5) is 18.0. The molecule has 2 unspecified atom stereocenters. The van der Waals surface area contributed by atoms with Crippen molar-refractivity contribution >= 4 is 59.8 Å². The van der Waals surface area contributed by atoms with Crippen LogP contribution in [0.25, 0.3) is 16.7 Å². The van der Waals surface area contributed by atoms with Gasteiger partial charge >= 0.3 is 5.76 Å². The van der Waals surface area contributed by atoms with Gasteiger partial charge in [-0.25, -0.2) is 9.78 Å². The van der Waals surface area contributed by atoms with Gasteiger partial charge in [0.2, 0.25) is 5.13 Å². The highest BCUT2D eigenvalue weighted by molar-refractivity contribution is 8.01. The number of oxazole rings is 1. The Morgan fingerprint density at radius 3 is 3.00 bits per heavy atom. The lowest BCUT2D eigenvalue weighted by Crippen LogP contribution is -2.22. The van der Waals surface area contributed by atoms with Crippen molar-refractivity contribution in [1.82, 2.24) is 19.2 Å². The normalized spacial score (nSPS) is 15.0. The van der Waals surface area contributed by atoms with Gasteiger partial charge in [-0.05, 0) is 66.0 Å². The fourth-order valence-electron chi connectivity index (χ4n) is 4.01. The highest BCUT2D eigenvalue weighted by Gasteiger charge is 2.21. The van der Waals surface area contributed by atoms with Gasteiger partial charge < -0.3 is 14.5 Å². The van der Waals surface area contributed by atoms with Crippen molar-refractivity contribution in [2.75, 3.05) is 17.8 Å². The van der Waals surface area contributed by atoms with E-state index in [-0.39, 0.29) is 11.8 Å². The summed E-state index contributed by atoms with van der Waals surface area (Å²) in [6, 6.07) is 12.0. The molecule has 0 aliphatic carbocycles. The minimum atomic E-state index is -0.356. The molecule has 10 heteroatoms. The molecule has 0 bridgehead atoms. The molecule has 2 N–H and O–H groups in total. The van der Waals surface area contributed by atoms with Crippen molar-refractivity contribution in [2.24, 2.45) is 0 Å². The zero-order valence-electron chi connectivity index (χ0n) is 17.4. The summed E-state index contributed by atoms with van der Waals surface area (Å²) >= 11 is 2.70. The molecule has 1 aliphatic rings. The van der Waals surface area contributed by atoms with Crippen molar-refractivity contribution in [3.63, 3.8) is 0 Å². The monoisotopic (exact) mass is 483 g/mol. The average molecular weight is 484 g/mol. The molecule has 0 radical (unpaired) electrons. The predicted octanol–water partition coefficient (Wildman–Crippen LogP) is 4.05. The Kier molecular flexibility index (Phi) is 6.15. The SMILES string of the molecule is CC(c1ccccc1C1=CCNCC1)n1c(=O)oc2cc(SNc3ncns3)c(P)cc21. The maximum Gasteiger partial charge on any atom is 0.420 e. The number of hydrogen-bond donors (Lipinski definition) is 2. The summed E-state index contributed by atoms with van der Waals surface area (Å²) in [6.45, 7) is 3.89. The number of benzene rings is 2. The molecule has 2 atom stereocenters. The van der Waals surface area contributed by atoms with Crippen LogP contribution in [0.3, 0.4) is 0 Å². The Labute approximate surface area is 195 Å². The van der Waals surface area contributed by atoms with E-state index in [1.807, 2.05) is 18.2 Å². The zero-order chi connectivity index (χ0) is 22.1. The molecular formula is C22H22N5O2PS2. The molecule has 0 amide bonds. The first kappa shape index (κ1) is 21.4. The van der Waals surface area contributed by atoms with Crippen LogP contribution in [0.5, 0.6) is 0 Å². The summed E-state index contributed by atoms with van der Waals surface area (Å²) in [5, 5.41) is 5.05. The molecule has 0 spiro atoms. The van der Waals surface area contributed by atoms with Gasteiger partial charge in [0, 0.05) is 23.0 Å². The van der Waals surface area contributed by atoms with Crippen LogP contribution >= 0.6 is 32.7 Å². The van der Waals surface area contributed by atoms with Crippen molar-refractivity contribution < 1.29 is 4.42 Å². The first-order chi connectivity index (χ1) is 15.6. The van der Waals surface area contributed by atoms with Gasteiger partial charge in [0.15, 0.2) is 5.58 Å². The maximum absolute atomic E-state index is 12.9. The average Bonchev–Trinajstić information content (AvgIpc) is 3.44. The van der Waals surface area contributed by atoms with E-state index in [2.05, 4.69) is 59.8 Å². The maximum atomic E-state index is 12.9. The molecule has 0 fully saturated rings. The van der Waals surface area contributed by atoms with Gasteiger partial charge in [-0.3, -0.25) is 4.57 Å². The number of anilines is 1. The minimum Gasteiger partial charge on any atom is -0.408 e. The Morgan fingerprint density at radius 1 is 1.34 bits per heavy atom. The Hall–Kier alpha value is -2.45. The summed E-state index contributed by atoms with van der Waals surface area (Å²) < 4.78 is 14.6. The van der Waals surface area contributed by atoms with Gasteiger partial charge in [0.1, 0.15) is 6.33 Å². The van der Waals surface area contributed by atoms with Crippen LogP contribution in [0.2, 0.25) is 0 Å². The van der Waals surface area contributed by atoms with E-state index >= 15 is 0 Å². The van der Waals surface area contributed by atoms with Crippen LogP contribution in [0.1, 0.15) is 30.5 Å². The molecule has 0 saturated heterocycles. The van der Waals surface area contributed by atoms with E-state index < -0.39 is 0 Å². The topological polar surface area (TPSA) is 85.0 Å². The van der Waals surface area contributed by atoms with Gasteiger partial charge in [-0.2, -0.15) is 4.37 Å². The number of nitrogens with one attached hydrogen (secondary N) is 2. The largest absolute Gasteiger partial charge is 0.420 e. The van der Waals surface area contributed by atoms with E-state index in [9.17, 15) is 4.79 Å². The minimum absolute atomic E-state index is 0.168. The molecule has 164 valence electrons. The van der Waals surface area contributed by atoms with E-state index in [1.54, 1.807) is 4.57 Å². The number of hydrogen-bond acceptors (Lipinski definition) is 8. The number of fused-ring (bicyclic) bond motifs is 1. The third kappa shape index (κ3) is 4.13. The van der Waals surface area contributed by atoms with Crippen LogP contribution in [0.15, 0.2) is 62.9 Å². The molecule has 1 aliphatic heterocycles. The molecule has 0 saturated carbocycles. The predicted molar refractivity (Wildman–Crippen MR) is 135 cm³/mol. The second-order valence-corrected chi connectivity index (χ2v) is 9.74. The van der Waals surface area contributed by atoms with Gasteiger partial charge in [0.05, 0.1) is 11.6 Å². The molecule has 7 nitrogen and oxygen atoms in total. The highest BCUT2D eigenvalue weighted by atomic mass is 32.2. The smallest absolute Gasteiger partial charge is 0.408 e. The van der Waals surface area contributed by atoms with Crippen molar-refractivity contribution in [3.05, 3.63) is 70.5 Å². The molecule has 4 aromatic rings. The molecule has 2 aromatic heterocycles. The summed E-state index contributed by atoms with van der Waals surface area (Å²) in [6.07, 6.45) is 4.72. The van der Waals surface area contributed by atoms with E-state index in [0.29, 0.717) is 5.58 Å². The summed E-state index contributed by atoms with van der Waals surface area (Å²) in [5.41, 5.74) is 4.98. The lowest BCUT2D eigenvalue weighted by atomic mass is 9.92. The summed E-state index contributed by atoms with van der Waals surface area (Å²) in [7, 11) is 2.75. The Bertz CT molecular complexity index is 1350. The number of nitrogens with zero attached hydrogens (tertiary/aromatic N) is 3. The third-order valence-electron chi connectivity index (χ3n) is 5.56. The third-order valence-corrected chi connectivity index (χ3v) is 7.83. The molecule has 32 heavy (non-hydrogen) atoms. The first-order valence-electron chi connectivity index (χ1n) is 10.2. The van der Waals surface area contributed by atoms with Crippen LogP contribution in [-0.2, 0) is 0 Å². The second-order valence-electron chi connectivity index (χ2n) is 7.49. The van der Waals surface area contributed by atoms with Crippen LogP contribution in [-0.4, -0.2) is 27.0 Å². The number of rotatable bonds is 6. The second kappa shape index (κ2) is 9.19. The Morgan fingerprint density at radius 2 is 2.22 bits per heavy atom. The first-order valence-corrected chi connectivity index (χ1v) is 12.4. The molecule has 2 aromatic carbocycles. The fraction of sp³-hybridized carbons (Fsp3) is 0.227. The van der Waals surface area contributed by atoms with Crippen LogP contribution in [0.4, 0.5) is 5.13 Å².